The molecule has 0 saturated carbocycles. The average Bonchev–Trinajstić information content (AvgIpc) is 2.94. The minimum atomic E-state index is -0.437. The number of amides is 1. The van der Waals surface area contributed by atoms with E-state index in [0.717, 1.165) is 35.6 Å². The quantitative estimate of drug-likeness (QED) is 0.643. The highest BCUT2D eigenvalue weighted by molar-refractivity contribution is 6.33. The number of hydrogen-bond acceptors (Lipinski definition) is 3. The van der Waals surface area contributed by atoms with Crippen molar-refractivity contribution < 1.29 is 9.18 Å². The van der Waals surface area contributed by atoms with Crippen molar-refractivity contribution in [1.29, 1.82) is 0 Å². The smallest absolute Gasteiger partial charge is 0.254 e. The molecule has 0 radical (unpaired) electrons. The largest absolute Gasteiger partial charge is 0.336 e. The molecule has 1 amide bonds. The van der Waals surface area contributed by atoms with Gasteiger partial charge in [0.05, 0.1) is 11.1 Å². The summed E-state index contributed by atoms with van der Waals surface area (Å²) < 4.78 is 16.2. The van der Waals surface area contributed by atoms with E-state index in [9.17, 15) is 9.18 Å². The summed E-state index contributed by atoms with van der Waals surface area (Å²) in [7, 11) is 0. The molecule has 1 aromatic carbocycles. The van der Waals surface area contributed by atoms with E-state index in [0.29, 0.717) is 28.7 Å². The van der Waals surface area contributed by atoms with Gasteiger partial charge in [0.2, 0.25) is 0 Å². The first kappa shape index (κ1) is 20.8. The van der Waals surface area contributed by atoms with Gasteiger partial charge < -0.3 is 14.6 Å². The molecular weight excluding hydrogens is 403 g/mol. The van der Waals surface area contributed by atoms with Crippen LogP contribution in [0, 0.1) is 12.7 Å². The van der Waals surface area contributed by atoms with Crippen LogP contribution < -0.4 is 5.32 Å². The number of nitrogens with zero attached hydrogens (tertiary/aromatic N) is 3. The van der Waals surface area contributed by atoms with Crippen LogP contribution in [0.15, 0.2) is 30.5 Å². The first-order chi connectivity index (χ1) is 14.3. The molecule has 158 valence electrons. The maximum absolute atomic E-state index is 14.2. The molecule has 1 aliphatic heterocycles. The molecular formula is C23H26ClFN4O. The second-order valence-corrected chi connectivity index (χ2v) is 8.44. The van der Waals surface area contributed by atoms with Crippen molar-refractivity contribution in [1.82, 2.24) is 19.6 Å². The summed E-state index contributed by atoms with van der Waals surface area (Å²) in [5.74, 6) is 0.533. The van der Waals surface area contributed by atoms with E-state index in [1.165, 1.54) is 12.1 Å². The van der Waals surface area contributed by atoms with E-state index >= 15 is 0 Å². The van der Waals surface area contributed by atoms with Gasteiger partial charge >= 0.3 is 0 Å². The Morgan fingerprint density at radius 3 is 2.67 bits per heavy atom. The predicted octanol–water partition coefficient (Wildman–Crippen LogP) is 4.66. The monoisotopic (exact) mass is 428 g/mol. The molecule has 4 rings (SSSR count). The summed E-state index contributed by atoms with van der Waals surface area (Å²) in [5.41, 5.74) is 3.69. The summed E-state index contributed by atoms with van der Waals surface area (Å²) >= 11 is 6.50. The van der Waals surface area contributed by atoms with Gasteiger partial charge in [-0.3, -0.25) is 4.79 Å². The van der Waals surface area contributed by atoms with Gasteiger partial charge in [-0.25, -0.2) is 9.37 Å². The number of rotatable bonds is 5. The van der Waals surface area contributed by atoms with Gasteiger partial charge in [-0.15, -0.1) is 0 Å². The number of aryl methyl sites for hydroxylation is 1. The van der Waals surface area contributed by atoms with E-state index < -0.39 is 5.82 Å². The summed E-state index contributed by atoms with van der Waals surface area (Å²) in [6, 6.07) is 6.47. The number of halogens is 2. The standard InChI is InChI=1S/C23H26ClFN4O/c1-5-28(13(2)3)23(30)20-9-17(25)6-7-18(20)19-8-15(16-10-26-11-16)12-29-14(4)27-22(24)21(19)29/h6-9,12-13,16,26H,5,10-11H2,1-4H3. The number of benzene rings is 1. The third-order valence-corrected chi connectivity index (χ3v) is 6.13. The van der Waals surface area contributed by atoms with Crippen LogP contribution in [0.2, 0.25) is 5.15 Å². The Bertz CT molecular complexity index is 1120. The molecule has 0 unspecified atom stereocenters. The molecule has 1 N–H and O–H groups in total. The molecule has 3 heterocycles. The highest BCUT2D eigenvalue weighted by Gasteiger charge is 2.26. The Hall–Kier alpha value is -2.44. The maximum Gasteiger partial charge on any atom is 0.254 e. The van der Waals surface area contributed by atoms with Gasteiger partial charge in [0.25, 0.3) is 5.91 Å². The highest BCUT2D eigenvalue weighted by atomic mass is 35.5. The molecule has 0 atom stereocenters. The van der Waals surface area contributed by atoms with Crippen LogP contribution in [-0.4, -0.2) is 45.9 Å². The minimum absolute atomic E-state index is 0.00632. The van der Waals surface area contributed by atoms with E-state index in [4.69, 9.17) is 11.6 Å². The molecule has 7 heteroatoms. The molecule has 30 heavy (non-hydrogen) atoms. The number of fused-ring (bicyclic) bond motifs is 1. The van der Waals surface area contributed by atoms with Crippen LogP contribution in [0.1, 0.15) is 48.4 Å². The number of pyridine rings is 1. The molecule has 1 aliphatic rings. The van der Waals surface area contributed by atoms with Crippen molar-refractivity contribution in [3.05, 3.63) is 58.4 Å². The first-order valence-electron chi connectivity index (χ1n) is 10.3. The summed E-state index contributed by atoms with van der Waals surface area (Å²) in [4.78, 5) is 19.5. The van der Waals surface area contributed by atoms with E-state index in [1.807, 2.05) is 32.1 Å². The van der Waals surface area contributed by atoms with Crippen LogP contribution in [0.4, 0.5) is 4.39 Å². The molecule has 1 saturated heterocycles. The van der Waals surface area contributed by atoms with Crippen LogP contribution >= 0.6 is 11.6 Å². The lowest BCUT2D eigenvalue weighted by atomic mass is 9.91. The fraction of sp³-hybridized carbons (Fsp3) is 0.391. The van der Waals surface area contributed by atoms with Gasteiger partial charge in [0, 0.05) is 43.4 Å². The SMILES string of the molecule is CCN(C(=O)c1cc(F)ccc1-c1cc(C2CNC2)cn2c(C)nc(Cl)c12)C(C)C. The Morgan fingerprint density at radius 1 is 1.33 bits per heavy atom. The maximum atomic E-state index is 14.2. The second-order valence-electron chi connectivity index (χ2n) is 8.09. The van der Waals surface area contributed by atoms with Gasteiger partial charge in [0.1, 0.15) is 11.6 Å². The highest BCUT2D eigenvalue weighted by Crippen LogP contribution is 2.36. The Balaban J connectivity index is 1.97. The second kappa shape index (κ2) is 8.00. The zero-order chi connectivity index (χ0) is 21.6. The van der Waals surface area contributed by atoms with Crippen molar-refractivity contribution in [3.63, 3.8) is 0 Å². The van der Waals surface area contributed by atoms with Gasteiger partial charge in [-0.2, -0.15) is 0 Å². The molecule has 0 spiro atoms. The normalized spacial score (nSPS) is 14.4. The van der Waals surface area contributed by atoms with E-state index in [2.05, 4.69) is 22.6 Å². The van der Waals surface area contributed by atoms with Crippen molar-refractivity contribution in [2.45, 2.75) is 39.7 Å². The fourth-order valence-corrected chi connectivity index (χ4v) is 4.42. The summed E-state index contributed by atoms with van der Waals surface area (Å²) in [6.07, 6.45) is 2.07. The first-order valence-corrected chi connectivity index (χ1v) is 10.7. The Labute approximate surface area is 180 Å². The molecule has 0 bridgehead atoms. The zero-order valence-corrected chi connectivity index (χ0v) is 18.4. The van der Waals surface area contributed by atoms with Gasteiger partial charge in [0.15, 0.2) is 5.15 Å². The summed E-state index contributed by atoms with van der Waals surface area (Å²) in [6.45, 7) is 10.1. The topological polar surface area (TPSA) is 49.6 Å². The van der Waals surface area contributed by atoms with Crippen LogP contribution in [-0.2, 0) is 0 Å². The van der Waals surface area contributed by atoms with Gasteiger partial charge in [-0.05, 0) is 57.0 Å². The minimum Gasteiger partial charge on any atom is -0.336 e. The molecule has 2 aromatic heterocycles. The molecule has 5 nitrogen and oxygen atoms in total. The predicted molar refractivity (Wildman–Crippen MR) is 118 cm³/mol. The van der Waals surface area contributed by atoms with E-state index in [-0.39, 0.29) is 11.9 Å². The molecule has 3 aromatic rings. The van der Waals surface area contributed by atoms with E-state index in [1.54, 1.807) is 11.0 Å². The number of carbonyl (C=O) groups excluding carboxylic acids is 1. The van der Waals surface area contributed by atoms with Crippen LogP contribution in [0.3, 0.4) is 0 Å². The Morgan fingerprint density at radius 2 is 2.07 bits per heavy atom. The lowest BCUT2D eigenvalue weighted by Crippen LogP contribution is -2.40. The van der Waals surface area contributed by atoms with Crippen molar-refractivity contribution in [2.24, 2.45) is 0 Å². The lowest BCUT2D eigenvalue weighted by Gasteiger charge is -2.29. The summed E-state index contributed by atoms with van der Waals surface area (Å²) in [5, 5.41) is 3.67. The van der Waals surface area contributed by atoms with Crippen LogP contribution in [0.25, 0.3) is 16.6 Å². The number of carbonyl (C=O) groups is 1. The number of aromatic nitrogens is 2. The Kier molecular flexibility index (Phi) is 5.55. The van der Waals surface area contributed by atoms with Gasteiger partial charge in [-0.1, -0.05) is 17.7 Å². The molecule has 1 fully saturated rings. The zero-order valence-electron chi connectivity index (χ0n) is 17.7. The third kappa shape index (κ3) is 3.48. The van der Waals surface area contributed by atoms with Crippen molar-refractivity contribution in [2.75, 3.05) is 19.6 Å². The lowest BCUT2D eigenvalue weighted by molar-refractivity contribution is 0.0717. The molecule has 0 aliphatic carbocycles. The number of nitrogens with one attached hydrogen (secondary N) is 1. The van der Waals surface area contributed by atoms with Crippen molar-refractivity contribution in [3.8, 4) is 11.1 Å². The van der Waals surface area contributed by atoms with Crippen LogP contribution in [0.5, 0.6) is 0 Å². The number of hydrogen-bond donors (Lipinski definition) is 1. The van der Waals surface area contributed by atoms with Crippen molar-refractivity contribution >= 4 is 23.0 Å². The average molecular weight is 429 g/mol. The number of imidazole rings is 1. The third-order valence-electron chi connectivity index (χ3n) is 5.87. The fourth-order valence-electron chi connectivity index (χ4n) is 4.11.